The lowest BCUT2D eigenvalue weighted by Gasteiger charge is -2.21. The fourth-order valence-electron chi connectivity index (χ4n) is 2.31. The highest BCUT2D eigenvalue weighted by molar-refractivity contribution is 5.95. The molecule has 0 spiro atoms. The van der Waals surface area contributed by atoms with Crippen LogP contribution in [0.15, 0.2) is 30.3 Å². The van der Waals surface area contributed by atoms with Crippen molar-refractivity contribution in [3.63, 3.8) is 0 Å². The quantitative estimate of drug-likeness (QED) is 0.842. The number of nitrogens with zero attached hydrogens (tertiary/aromatic N) is 2. The smallest absolute Gasteiger partial charge is 0.246 e. The minimum Gasteiger partial charge on any atom is -0.394 e. The van der Waals surface area contributed by atoms with Crippen LogP contribution in [0.3, 0.4) is 0 Å². The number of aliphatic hydroxyl groups is 1. The van der Waals surface area contributed by atoms with Crippen LogP contribution in [0, 0.1) is 0 Å². The van der Waals surface area contributed by atoms with E-state index in [-0.39, 0.29) is 24.5 Å². The van der Waals surface area contributed by atoms with Crippen molar-refractivity contribution in [3.05, 3.63) is 35.9 Å². The first-order valence-electron chi connectivity index (χ1n) is 7.49. The molecule has 0 aliphatic carbocycles. The van der Waals surface area contributed by atoms with Crippen LogP contribution in [-0.4, -0.2) is 48.1 Å². The van der Waals surface area contributed by atoms with Crippen molar-refractivity contribution in [1.29, 1.82) is 0 Å². The number of hydrogen-bond donors (Lipinski definition) is 1. The van der Waals surface area contributed by atoms with Gasteiger partial charge in [0.05, 0.1) is 12.6 Å². The molecular formula is C17H22N2O3. The Morgan fingerprint density at radius 3 is 2.64 bits per heavy atom. The topological polar surface area (TPSA) is 60.9 Å². The Morgan fingerprint density at radius 2 is 2.09 bits per heavy atom. The predicted octanol–water partition coefficient (Wildman–Crippen LogP) is 1.67. The van der Waals surface area contributed by atoms with Crippen molar-refractivity contribution in [1.82, 2.24) is 4.90 Å². The standard InChI is InChI=1S/C17H22N2O3/c1-13(12-20)18(2)16(21)10-7-14-5-8-15(9-6-14)19-11-3-4-17(19)22/h5-10,13,20H,3-4,11-12H2,1-2H3/b10-7+. The van der Waals surface area contributed by atoms with Crippen molar-refractivity contribution in [2.45, 2.75) is 25.8 Å². The van der Waals surface area contributed by atoms with Gasteiger partial charge in [0.1, 0.15) is 0 Å². The molecule has 1 fully saturated rings. The van der Waals surface area contributed by atoms with Crippen LogP contribution in [0.5, 0.6) is 0 Å². The zero-order valence-electron chi connectivity index (χ0n) is 13.0. The van der Waals surface area contributed by atoms with E-state index in [4.69, 9.17) is 5.11 Å². The summed E-state index contributed by atoms with van der Waals surface area (Å²) in [5.74, 6) is 0.0124. The van der Waals surface area contributed by atoms with E-state index in [1.54, 1.807) is 24.9 Å². The molecule has 5 nitrogen and oxygen atoms in total. The number of carbonyl (C=O) groups is 2. The molecule has 1 aliphatic heterocycles. The Kier molecular flexibility index (Phi) is 5.33. The minimum atomic E-state index is -0.208. The van der Waals surface area contributed by atoms with Gasteiger partial charge < -0.3 is 14.9 Å². The summed E-state index contributed by atoms with van der Waals surface area (Å²) in [4.78, 5) is 26.9. The fourth-order valence-corrected chi connectivity index (χ4v) is 2.31. The van der Waals surface area contributed by atoms with E-state index in [1.165, 1.54) is 11.0 Å². The third-order valence-electron chi connectivity index (χ3n) is 3.97. The van der Waals surface area contributed by atoms with E-state index in [0.717, 1.165) is 24.2 Å². The first-order valence-corrected chi connectivity index (χ1v) is 7.49. The molecule has 1 N–H and O–H groups in total. The van der Waals surface area contributed by atoms with Crippen molar-refractivity contribution >= 4 is 23.6 Å². The maximum Gasteiger partial charge on any atom is 0.246 e. The van der Waals surface area contributed by atoms with E-state index in [0.29, 0.717) is 6.42 Å². The number of likely N-dealkylation sites (N-methyl/N-ethyl adjacent to an activating group) is 1. The van der Waals surface area contributed by atoms with Crippen LogP contribution in [-0.2, 0) is 9.59 Å². The number of hydrogen-bond acceptors (Lipinski definition) is 3. The number of rotatable bonds is 5. The Balaban J connectivity index is 2.00. The zero-order valence-corrected chi connectivity index (χ0v) is 13.0. The maximum atomic E-state index is 11.9. The second kappa shape index (κ2) is 7.22. The largest absolute Gasteiger partial charge is 0.394 e. The molecule has 2 rings (SSSR count). The van der Waals surface area contributed by atoms with E-state index in [9.17, 15) is 9.59 Å². The molecule has 0 aromatic heterocycles. The van der Waals surface area contributed by atoms with Crippen molar-refractivity contribution in [2.75, 3.05) is 25.1 Å². The summed E-state index contributed by atoms with van der Waals surface area (Å²) in [6.07, 6.45) is 4.75. The van der Waals surface area contributed by atoms with Crippen LogP contribution in [0.1, 0.15) is 25.3 Å². The second-order valence-corrected chi connectivity index (χ2v) is 5.55. The van der Waals surface area contributed by atoms with Gasteiger partial charge in [-0.15, -0.1) is 0 Å². The molecule has 0 bridgehead atoms. The normalized spacial score (nSPS) is 16.3. The summed E-state index contributed by atoms with van der Waals surface area (Å²) in [6.45, 7) is 2.50. The highest BCUT2D eigenvalue weighted by atomic mass is 16.3. The molecule has 1 saturated heterocycles. The van der Waals surface area contributed by atoms with Gasteiger partial charge in [-0.3, -0.25) is 9.59 Å². The third kappa shape index (κ3) is 3.74. The van der Waals surface area contributed by atoms with Gasteiger partial charge in [-0.05, 0) is 37.1 Å². The molecular weight excluding hydrogens is 280 g/mol. The van der Waals surface area contributed by atoms with Gasteiger partial charge in [0.15, 0.2) is 0 Å². The summed E-state index contributed by atoms with van der Waals surface area (Å²) < 4.78 is 0. The molecule has 1 aromatic carbocycles. The average Bonchev–Trinajstić information content (AvgIpc) is 2.97. The summed E-state index contributed by atoms with van der Waals surface area (Å²) in [7, 11) is 1.66. The van der Waals surface area contributed by atoms with Crippen LogP contribution in [0.25, 0.3) is 6.08 Å². The Hall–Kier alpha value is -2.14. The number of amides is 2. The molecule has 2 amide bonds. The summed E-state index contributed by atoms with van der Waals surface area (Å²) in [5, 5.41) is 9.04. The predicted molar refractivity (Wildman–Crippen MR) is 86.4 cm³/mol. The van der Waals surface area contributed by atoms with Gasteiger partial charge >= 0.3 is 0 Å². The first kappa shape index (κ1) is 16.2. The van der Waals surface area contributed by atoms with Gasteiger partial charge in [0, 0.05) is 31.8 Å². The molecule has 118 valence electrons. The monoisotopic (exact) mass is 302 g/mol. The first-order chi connectivity index (χ1) is 10.5. The molecule has 1 aromatic rings. The lowest BCUT2D eigenvalue weighted by molar-refractivity contribution is -0.127. The van der Waals surface area contributed by atoms with Gasteiger partial charge in [-0.1, -0.05) is 12.1 Å². The van der Waals surface area contributed by atoms with Crippen LogP contribution < -0.4 is 4.90 Å². The van der Waals surface area contributed by atoms with E-state index >= 15 is 0 Å². The van der Waals surface area contributed by atoms with Crippen LogP contribution in [0.4, 0.5) is 5.69 Å². The molecule has 1 atom stereocenters. The van der Waals surface area contributed by atoms with E-state index < -0.39 is 0 Å². The average molecular weight is 302 g/mol. The van der Waals surface area contributed by atoms with E-state index in [2.05, 4.69) is 0 Å². The van der Waals surface area contributed by atoms with Gasteiger partial charge in [0.2, 0.25) is 11.8 Å². The Bertz CT molecular complexity index is 566. The van der Waals surface area contributed by atoms with Crippen molar-refractivity contribution < 1.29 is 14.7 Å². The summed E-state index contributed by atoms with van der Waals surface area (Å²) >= 11 is 0. The summed E-state index contributed by atoms with van der Waals surface area (Å²) in [5.41, 5.74) is 1.80. The Labute approximate surface area is 130 Å². The number of carbonyl (C=O) groups excluding carboxylic acids is 2. The third-order valence-corrected chi connectivity index (χ3v) is 3.97. The second-order valence-electron chi connectivity index (χ2n) is 5.55. The highest BCUT2D eigenvalue weighted by Gasteiger charge is 2.21. The lowest BCUT2D eigenvalue weighted by atomic mass is 10.1. The molecule has 5 heteroatoms. The van der Waals surface area contributed by atoms with Crippen molar-refractivity contribution in [2.24, 2.45) is 0 Å². The van der Waals surface area contributed by atoms with Gasteiger partial charge in [-0.2, -0.15) is 0 Å². The van der Waals surface area contributed by atoms with Crippen LogP contribution >= 0.6 is 0 Å². The minimum absolute atomic E-state index is 0.0609. The molecule has 0 radical (unpaired) electrons. The number of benzene rings is 1. The van der Waals surface area contributed by atoms with E-state index in [1.807, 2.05) is 24.3 Å². The summed E-state index contributed by atoms with van der Waals surface area (Å²) in [6, 6.07) is 7.36. The molecule has 22 heavy (non-hydrogen) atoms. The number of anilines is 1. The van der Waals surface area contributed by atoms with Crippen LogP contribution in [0.2, 0.25) is 0 Å². The molecule has 1 heterocycles. The molecule has 1 unspecified atom stereocenters. The van der Waals surface area contributed by atoms with Gasteiger partial charge in [0.25, 0.3) is 0 Å². The molecule has 0 saturated carbocycles. The maximum absolute atomic E-state index is 11.9. The highest BCUT2D eigenvalue weighted by Crippen LogP contribution is 2.21. The fraction of sp³-hybridized carbons (Fsp3) is 0.412. The zero-order chi connectivity index (χ0) is 16.1. The number of aliphatic hydroxyl groups excluding tert-OH is 1. The van der Waals surface area contributed by atoms with Gasteiger partial charge in [-0.25, -0.2) is 0 Å². The molecule has 1 aliphatic rings. The Morgan fingerprint density at radius 1 is 1.41 bits per heavy atom. The lowest BCUT2D eigenvalue weighted by Crippen LogP contribution is -2.36. The van der Waals surface area contributed by atoms with Crippen molar-refractivity contribution in [3.8, 4) is 0 Å². The SMILES string of the molecule is CC(CO)N(C)C(=O)/C=C/c1ccc(N2CCCC2=O)cc1.